The fourth-order valence-electron chi connectivity index (χ4n) is 3.25. The van der Waals surface area contributed by atoms with Crippen molar-refractivity contribution in [3.8, 4) is 11.5 Å². The molecular weight excluding hydrogens is 364 g/mol. The molecule has 3 rings (SSSR count). The van der Waals surface area contributed by atoms with E-state index in [0.717, 1.165) is 11.3 Å². The topological polar surface area (TPSA) is 94.9 Å². The van der Waals surface area contributed by atoms with Gasteiger partial charge in [-0.2, -0.15) is 5.10 Å². The quantitative estimate of drug-likeness (QED) is 0.789. The average molecular weight is 388 g/mol. The van der Waals surface area contributed by atoms with Gasteiger partial charge >= 0.3 is 12.0 Å². The molecule has 0 aliphatic carbocycles. The van der Waals surface area contributed by atoms with Crippen LogP contribution in [0.4, 0.5) is 10.5 Å². The number of nitrogens with one attached hydrogen (secondary N) is 1. The Morgan fingerprint density at radius 3 is 2.64 bits per heavy atom. The Hall–Kier alpha value is -3.23. The van der Waals surface area contributed by atoms with Crippen LogP contribution in [-0.4, -0.2) is 54.1 Å². The van der Waals surface area contributed by atoms with E-state index in [1.807, 2.05) is 0 Å². The van der Waals surface area contributed by atoms with Crippen molar-refractivity contribution in [1.82, 2.24) is 14.7 Å². The lowest BCUT2D eigenvalue weighted by molar-refractivity contribution is 0.0516. The van der Waals surface area contributed by atoms with E-state index >= 15 is 0 Å². The van der Waals surface area contributed by atoms with E-state index in [4.69, 9.17) is 14.2 Å². The first-order chi connectivity index (χ1) is 13.5. The monoisotopic (exact) mass is 388 g/mol. The van der Waals surface area contributed by atoms with Crippen LogP contribution < -0.4 is 14.8 Å². The van der Waals surface area contributed by atoms with Crippen LogP contribution in [0.25, 0.3) is 0 Å². The van der Waals surface area contributed by atoms with Gasteiger partial charge < -0.3 is 24.4 Å². The standard InChI is InChI=1S/C19H24N4O5/c1-5-28-18(24)17-13-11-23(9-8-14(13)22(2)21-17)19(25)20-12-6-7-15(26-3)16(10-12)27-4/h6-7,10H,5,8-9,11H2,1-4H3,(H,20,25). The van der Waals surface area contributed by atoms with Gasteiger partial charge in [-0.25, -0.2) is 9.59 Å². The number of rotatable bonds is 5. The minimum absolute atomic E-state index is 0.267. The van der Waals surface area contributed by atoms with Crippen LogP contribution in [0, 0.1) is 0 Å². The van der Waals surface area contributed by atoms with Crippen molar-refractivity contribution in [2.45, 2.75) is 19.9 Å². The molecule has 1 aromatic carbocycles. The number of esters is 1. The number of urea groups is 1. The number of hydrogen-bond donors (Lipinski definition) is 1. The second-order valence-electron chi connectivity index (χ2n) is 6.29. The predicted molar refractivity (Wildman–Crippen MR) is 102 cm³/mol. The molecule has 0 bridgehead atoms. The van der Waals surface area contributed by atoms with Crippen molar-refractivity contribution in [3.05, 3.63) is 35.2 Å². The number of fused-ring (bicyclic) bond motifs is 1. The van der Waals surface area contributed by atoms with Gasteiger partial charge in [0.2, 0.25) is 0 Å². The molecule has 2 aromatic rings. The van der Waals surface area contributed by atoms with Crippen LogP contribution >= 0.6 is 0 Å². The lowest BCUT2D eigenvalue weighted by Crippen LogP contribution is -2.39. The van der Waals surface area contributed by atoms with E-state index in [1.165, 1.54) is 7.11 Å². The van der Waals surface area contributed by atoms with E-state index in [9.17, 15) is 9.59 Å². The largest absolute Gasteiger partial charge is 0.493 e. The first-order valence-corrected chi connectivity index (χ1v) is 8.98. The summed E-state index contributed by atoms with van der Waals surface area (Å²) in [5, 5.41) is 7.14. The zero-order valence-electron chi connectivity index (χ0n) is 16.4. The molecule has 1 aliphatic heterocycles. The molecule has 1 N–H and O–H groups in total. The van der Waals surface area contributed by atoms with Crippen LogP contribution in [0.1, 0.15) is 28.7 Å². The highest BCUT2D eigenvalue weighted by Crippen LogP contribution is 2.30. The highest BCUT2D eigenvalue weighted by molar-refractivity contribution is 5.91. The number of amides is 2. The molecule has 0 fully saturated rings. The maximum Gasteiger partial charge on any atom is 0.359 e. The van der Waals surface area contributed by atoms with Crippen molar-refractivity contribution in [1.29, 1.82) is 0 Å². The van der Waals surface area contributed by atoms with E-state index in [0.29, 0.717) is 30.2 Å². The van der Waals surface area contributed by atoms with E-state index in [2.05, 4.69) is 10.4 Å². The summed E-state index contributed by atoms with van der Waals surface area (Å²) in [4.78, 5) is 26.6. The third kappa shape index (κ3) is 3.73. The number of benzene rings is 1. The molecule has 0 spiro atoms. The number of methoxy groups -OCH3 is 2. The Bertz CT molecular complexity index is 893. The second kappa shape index (κ2) is 8.20. The van der Waals surface area contributed by atoms with Crippen molar-refractivity contribution in [2.24, 2.45) is 7.05 Å². The summed E-state index contributed by atoms with van der Waals surface area (Å²) in [5.41, 5.74) is 2.53. The molecular formula is C19H24N4O5. The van der Waals surface area contributed by atoms with Gasteiger partial charge in [-0.15, -0.1) is 0 Å². The van der Waals surface area contributed by atoms with Crippen LogP contribution in [0.2, 0.25) is 0 Å². The summed E-state index contributed by atoms with van der Waals surface area (Å²) in [5.74, 6) is 0.636. The summed E-state index contributed by atoms with van der Waals surface area (Å²) in [6, 6.07) is 4.89. The molecule has 0 atom stereocenters. The predicted octanol–water partition coefficient (Wildman–Crippen LogP) is 2.20. The number of ether oxygens (including phenoxy) is 3. The summed E-state index contributed by atoms with van der Waals surface area (Å²) in [6.45, 7) is 2.83. The molecule has 9 nitrogen and oxygen atoms in total. The molecule has 0 unspecified atom stereocenters. The average Bonchev–Trinajstić information content (AvgIpc) is 3.04. The number of nitrogens with zero attached hydrogens (tertiary/aromatic N) is 3. The normalized spacial score (nSPS) is 12.9. The molecule has 1 aromatic heterocycles. The number of aromatic nitrogens is 2. The van der Waals surface area contributed by atoms with Gasteiger partial charge in [0.25, 0.3) is 0 Å². The minimum atomic E-state index is -0.471. The molecule has 0 saturated heterocycles. The highest BCUT2D eigenvalue weighted by Gasteiger charge is 2.30. The maximum absolute atomic E-state index is 12.7. The lowest BCUT2D eigenvalue weighted by Gasteiger charge is -2.27. The molecule has 0 radical (unpaired) electrons. The number of hydrogen-bond acceptors (Lipinski definition) is 6. The Morgan fingerprint density at radius 2 is 1.96 bits per heavy atom. The van der Waals surface area contributed by atoms with Gasteiger partial charge in [-0.3, -0.25) is 4.68 Å². The first kappa shape index (κ1) is 19.5. The highest BCUT2D eigenvalue weighted by atomic mass is 16.5. The van der Waals surface area contributed by atoms with Gasteiger partial charge in [0, 0.05) is 43.0 Å². The van der Waals surface area contributed by atoms with Crippen LogP contribution in [0.15, 0.2) is 18.2 Å². The van der Waals surface area contributed by atoms with Crippen LogP contribution in [-0.2, 0) is 24.8 Å². The Labute approximate surface area is 163 Å². The summed E-state index contributed by atoms with van der Waals surface area (Å²) in [7, 11) is 4.88. The fraction of sp³-hybridized carbons (Fsp3) is 0.421. The summed E-state index contributed by atoms with van der Waals surface area (Å²) >= 11 is 0. The molecule has 9 heteroatoms. The van der Waals surface area contributed by atoms with Gasteiger partial charge in [-0.05, 0) is 19.1 Å². The van der Waals surface area contributed by atoms with Crippen molar-refractivity contribution < 1.29 is 23.8 Å². The Balaban J connectivity index is 1.76. The Morgan fingerprint density at radius 1 is 1.21 bits per heavy atom. The molecule has 150 valence electrons. The third-order valence-corrected chi connectivity index (χ3v) is 4.63. The van der Waals surface area contributed by atoms with Gasteiger partial charge in [-0.1, -0.05) is 0 Å². The molecule has 2 heterocycles. The molecule has 0 saturated carbocycles. The maximum atomic E-state index is 12.7. The van der Waals surface area contributed by atoms with Gasteiger partial charge in [0.05, 0.1) is 27.4 Å². The smallest absolute Gasteiger partial charge is 0.359 e. The fourth-order valence-corrected chi connectivity index (χ4v) is 3.25. The second-order valence-corrected chi connectivity index (χ2v) is 6.29. The number of carbonyl (C=O) groups excluding carboxylic acids is 2. The third-order valence-electron chi connectivity index (χ3n) is 4.63. The zero-order valence-corrected chi connectivity index (χ0v) is 16.4. The van der Waals surface area contributed by atoms with Crippen molar-refractivity contribution >= 4 is 17.7 Å². The summed E-state index contributed by atoms with van der Waals surface area (Å²) < 4.78 is 17.2. The minimum Gasteiger partial charge on any atom is -0.493 e. The summed E-state index contributed by atoms with van der Waals surface area (Å²) in [6.07, 6.45) is 0.609. The molecule has 2 amide bonds. The zero-order chi connectivity index (χ0) is 20.3. The van der Waals surface area contributed by atoms with E-state index in [1.54, 1.807) is 48.9 Å². The lowest BCUT2D eigenvalue weighted by atomic mass is 10.1. The van der Waals surface area contributed by atoms with E-state index in [-0.39, 0.29) is 24.9 Å². The number of aryl methyl sites for hydroxylation is 1. The van der Waals surface area contributed by atoms with Gasteiger partial charge in [0.1, 0.15) is 0 Å². The number of carbonyl (C=O) groups is 2. The van der Waals surface area contributed by atoms with Crippen LogP contribution in [0.3, 0.4) is 0 Å². The first-order valence-electron chi connectivity index (χ1n) is 8.98. The molecule has 28 heavy (non-hydrogen) atoms. The van der Waals surface area contributed by atoms with Crippen LogP contribution in [0.5, 0.6) is 11.5 Å². The van der Waals surface area contributed by atoms with E-state index < -0.39 is 5.97 Å². The van der Waals surface area contributed by atoms with Crippen molar-refractivity contribution in [3.63, 3.8) is 0 Å². The SMILES string of the molecule is CCOC(=O)c1nn(C)c2c1CN(C(=O)Nc1ccc(OC)c(OC)c1)CC2. The van der Waals surface area contributed by atoms with Crippen molar-refractivity contribution in [2.75, 3.05) is 32.7 Å². The number of anilines is 1. The van der Waals surface area contributed by atoms with Gasteiger partial charge in [0.15, 0.2) is 17.2 Å². The Kier molecular flexibility index (Phi) is 5.72. The molecule has 1 aliphatic rings.